The summed E-state index contributed by atoms with van der Waals surface area (Å²) < 4.78 is 0. The van der Waals surface area contributed by atoms with Crippen LogP contribution in [-0.4, -0.2) is 16.8 Å². The number of nitrogens with one attached hydrogen (secondary N) is 2. The summed E-state index contributed by atoms with van der Waals surface area (Å²) in [5.41, 5.74) is 4.47. The van der Waals surface area contributed by atoms with Crippen LogP contribution < -0.4 is 10.6 Å². The molecule has 1 aliphatic carbocycles. The van der Waals surface area contributed by atoms with Crippen molar-refractivity contribution < 1.29 is 9.59 Å². The van der Waals surface area contributed by atoms with Gasteiger partial charge in [-0.2, -0.15) is 0 Å². The number of pyridine rings is 1. The number of carbonyl (C=O) groups is 2. The first-order valence-electron chi connectivity index (χ1n) is 9.38. The summed E-state index contributed by atoms with van der Waals surface area (Å²) in [5, 5.41) is 5.58. The minimum absolute atomic E-state index is 0.0953. The van der Waals surface area contributed by atoms with Crippen LogP contribution in [0.4, 0.5) is 11.6 Å². The van der Waals surface area contributed by atoms with Gasteiger partial charge in [0.15, 0.2) is 0 Å². The van der Waals surface area contributed by atoms with E-state index in [1.54, 1.807) is 18.2 Å². The lowest BCUT2D eigenvalue weighted by Gasteiger charge is -2.09. The summed E-state index contributed by atoms with van der Waals surface area (Å²) in [4.78, 5) is 28.4. The molecule has 1 heterocycles. The molecule has 27 heavy (non-hydrogen) atoms. The highest BCUT2D eigenvalue weighted by molar-refractivity contribution is 5.92. The van der Waals surface area contributed by atoms with Crippen molar-refractivity contribution in [2.24, 2.45) is 0 Å². The Morgan fingerprint density at radius 3 is 2.07 bits per heavy atom. The predicted octanol–water partition coefficient (Wildman–Crippen LogP) is 4.34. The third-order valence-electron chi connectivity index (χ3n) is 3.81. The molecular formula is C22H25N3O2. The number of nitrogens with zero attached hydrogens (tertiary/aromatic N) is 1. The van der Waals surface area contributed by atoms with Crippen molar-refractivity contribution in [1.82, 2.24) is 4.98 Å². The number of anilines is 2. The Balaban J connectivity index is 2.20. The third kappa shape index (κ3) is 7.35. The number of rotatable bonds is 8. The van der Waals surface area contributed by atoms with E-state index in [1.165, 1.54) is 0 Å². The first kappa shape index (κ1) is 20.2. The topological polar surface area (TPSA) is 71.1 Å². The van der Waals surface area contributed by atoms with E-state index in [-0.39, 0.29) is 11.8 Å². The van der Waals surface area contributed by atoms with Crippen LogP contribution in [0, 0.1) is 11.8 Å². The maximum absolute atomic E-state index is 12.0. The fourth-order valence-corrected chi connectivity index (χ4v) is 2.36. The minimum atomic E-state index is -0.0953. The number of hydrogen-bond donors (Lipinski definition) is 2. The zero-order valence-electron chi connectivity index (χ0n) is 15.9. The second-order valence-electron chi connectivity index (χ2n) is 6.26. The highest BCUT2D eigenvalue weighted by Crippen LogP contribution is 2.15. The van der Waals surface area contributed by atoms with Gasteiger partial charge in [0.1, 0.15) is 11.6 Å². The molecule has 0 fully saturated rings. The van der Waals surface area contributed by atoms with Gasteiger partial charge < -0.3 is 10.6 Å². The molecule has 1 aromatic rings. The Hall–Kier alpha value is -3.09. The zero-order chi connectivity index (χ0) is 19.5. The van der Waals surface area contributed by atoms with Crippen molar-refractivity contribution in [2.75, 3.05) is 10.6 Å². The Kier molecular flexibility index (Phi) is 8.09. The Bertz CT molecular complexity index is 810. The van der Waals surface area contributed by atoms with E-state index in [9.17, 15) is 9.59 Å². The quantitative estimate of drug-likeness (QED) is 0.533. The van der Waals surface area contributed by atoms with Crippen LogP contribution >= 0.6 is 0 Å². The number of aromatic nitrogens is 1. The fourth-order valence-electron chi connectivity index (χ4n) is 2.36. The number of allylic oxidation sites excluding steroid dienone is 3. The van der Waals surface area contributed by atoms with E-state index in [4.69, 9.17) is 0 Å². The molecule has 0 aliphatic heterocycles. The molecule has 0 atom stereocenters. The smallest absolute Gasteiger partial charge is 0.225 e. The molecule has 2 rings (SSSR count). The van der Waals surface area contributed by atoms with Gasteiger partial charge >= 0.3 is 0 Å². The molecular weight excluding hydrogens is 338 g/mol. The number of amides is 2. The zero-order valence-corrected chi connectivity index (χ0v) is 15.9. The average molecular weight is 363 g/mol. The largest absolute Gasteiger partial charge is 0.311 e. The maximum atomic E-state index is 12.0. The highest BCUT2D eigenvalue weighted by Gasteiger charge is 2.08. The molecule has 5 heteroatoms. The van der Waals surface area contributed by atoms with Crippen LogP contribution in [0.5, 0.6) is 0 Å². The summed E-state index contributed by atoms with van der Waals surface area (Å²) in [7, 11) is 0. The molecule has 0 saturated heterocycles. The van der Waals surface area contributed by atoms with Crippen LogP contribution in [0.2, 0.25) is 0 Å². The van der Waals surface area contributed by atoms with Crippen LogP contribution in [-0.2, 0) is 9.59 Å². The van der Waals surface area contributed by atoms with E-state index in [2.05, 4.69) is 33.2 Å². The van der Waals surface area contributed by atoms with Crippen molar-refractivity contribution >= 4 is 23.5 Å². The molecule has 140 valence electrons. The Labute approximate surface area is 160 Å². The van der Waals surface area contributed by atoms with Gasteiger partial charge in [-0.05, 0) is 37.1 Å². The Morgan fingerprint density at radius 1 is 1.00 bits per heavy atom. The van der Waals surface area contributed by atoms with Gasteiger partial charge in [0.25, 0.3) is 0 Å². The van der Waals surface area contributed by atoms with E-state index in [0.29, 0.717) is 30.0 Å². The van der Waals surface area contributed by atoms with Gasteiger partial charge in [0.05, 0.1) is 5.57 Å². The third-order valence-corrected chi connectivity index (χ3v) is 3.81. The molecule has 0 unspecified atom stereocenters. The number of carbonyl (C=O) groups excluding carboxylic acids is 2. The summed E-state index contributed by atoms with van der Waals surface area (Å²) in [6, 6.07) is 3.42. The van der Waals surface area contributed by atoms with Crippen molar-refractivity contribution in [3.05, 3.63) is 47.2 Å². The van der Waals surface area contributed by atoms with Crippen LogP contribution in [0.3, 0.4) is 0 Å². The molecule has 0 radical (unpaired) electrons. The minimum Gasteiger partial charge on any atom is -0.311 e. The normalized spacial score (nSPS) is 11.6. The second-order valence-corrected chi connectivity index (χ2v) is 6.26. The number of unbranched alkanes of at least 4 members (excludes halogenated alkanes) is 2. The molecule has 0 bridgehead atoms. The molecule has 0 saturated carbocycles. The van der Waals surface area contributed by atoms with Gasteiger partial charge in [0.2, 0.25) is 11.8 Å². The summed E-state index contributed by atoms with van der Waals surface area (Å²) in [6.07, 6.45) is 9.95. The first-order valence-corrected chi connectivity index (χ1v) is 9.38. The van der Waals surface area contributed by atoms with Gasteiger partial charge in [-0.25, -0.2) is 4.98 Å². The predicted molar refractivity (Wildman–Crippen MR) is 108 cm³/mol. The summed E-state index contributed by atoms with van der Waals surface area (Å²) >= 11 is 0. The summed E-state index contributed by atoms with van der Waals surface area (Å²) in [6.45, 7) is 4.07. The lowest BCUT2D eigenvalue weighted by Crippen LogP contribution is -2.15. The second kappa shape index (κ2) is 10.8. The van der Waals surface area contributed by atoms with E-state index in [1.807, 2.05) is 26.0 Å². The summed E-state index contributed by atoms with van der Waals surface area (Å²) in [5.74, 6) is 6.64. The van der Waals surface area contributed by atoms with Gasteiger partial charge in [-0.1, -0.05) is 44.6 Å². The van der Waals surface area contributed by atoms with Crippen LogP contribution in [0.15, 0.2) is 41.7 Å². The van der Waals surface area contributed by atoms with Crippen molar-refractivity contribution in [2.45, 2.75) is 52.4 Å². The Morgan fingerprint density at radius 2 is 1.59 bits per heavy atom. The van der Waals surface area contributed by atoms with E-state index < -0.39 is 0 Å². The molecule has 0 aromatic carbocycles. The number of hydrogen-bond acceptors (Lipinski definition) is 3. The molecule has 5 nitrogen and oxygen atoms in total. The molecule has 2 N–H and O–H groups in total. The van der Waals surface area contributed by atoms with E-state index >= 15 is 0 Å². The van der Waals surface area contributed by atoms with Crippen LogP contribution in [0.1, 0.15) is 57.9 Å². The SMILES string of the molecule is CCCCC(=O)Nc1cc(C#CC2=C=CC=C2)cc(NC(=O)CCCC)n1. The van der Waals surface area contributed by atoms with E-state index in [0.717, 1.165) is 31.3 Å². The average Bonchev–Trinajstić information content (AvgIpc) is 3.16. The van der Waals surface area contributed by atoms with Crippen molar-refractivity contribution in [1.29, 1.82) is 0 Å². The van der Waals surface area contributed by atoms with Gasteiger partial charge in [-0.15, -0.1) is 5.73 Å². The monoisotopic (exact) mass is 363 g/mol. The van der Waals surface area contributed by atoms with Crippen molar-refractivity contribution in [3.63, 3.8) is 0 Å². The van der Waals surface area contributed by atoms with Crippen molar-refractivity contribution in [3.8, 4) is 11.8 Å². The van der Waals surface area contributed by atoms with Gasteiger partial charge in [0, 0.05) is 18.4 Å². The lowest BCUT2D eigenvalue weighted by molar-refractivity contribution is -0.117. The van der Waals surface area contributed by atoms with Crippen LogP contribution in [0.25, 0.3) is 0 Å². The highest BCUT2D eigenvalue weighted by atomic mass is 16.2. The lowest BCUT2D eigenvalue weighted by atomic mass is 10.2. The molecule has 0 spiro atoms. The first-order chi connectivity index (χ1) is 13.1. The molecule has 2 amide bonds. The standard InChI is InChI=1S/C22H25N3O2/c1-3-5-11-21(26)24-19-15-18(14-13-17-9-7-8-10-17)16-20(23-19)25-22(27)12-6-4-2/h7-9,15-16H,3-6,11-12H2,1-2H3,(H2,23,24,25,26,27). The maximum Gasteiger partial charge on any atom is 0.225 e. The molecule has 1 aliphatic rings. The molecule has 1 aromatic heterocycles. The fraction of sp³-hybridized carbons (Fsp3) is 0.364. The van der Waals surface area contributed by atoms with Gasteiger partial charge in [-0.3, -0.25) is 9.59 Å².